The molecule has 3 heteroatoms. The van der Waals surface area contributed by atoms with Crippen molar-refractivity contribution in [2.24, 2.45) is 5.92 Å². The number of rotatable bonds is 6. The van der Waals surface area contributed by atoms with Gasteiger partial charge in [0.15, 0.2) is 5.78 Å². The largest absolute Gasteiger partial charge is 0.469 e. The Morgan fingerprint density at radius 2 is 1.88 bits per heavy atom. The van der Waals surface area contributed by atoms with E-state index >= 15 is 0 Å². The maximum absolute atomic E-state index is 11.9. The van der Waals surface area contributed by atoms with Crippen molar-refractivity contribution in [3.05, 3.63) is 35.9 Å². The molecule has 0 aromatic heterocycles. The van der Waals surface area contributed by atoms with Crippen molar-refractivity contribution < 1.29 is 14.3 Å². The van der Waals surface area contributed by atoms with Crippen molar-refractivity contribution in [1.29, 1.82) is 0 Å². The Labute approximate surface area is 102 Å². The minimum Gasteiger partial charge on any atom is -0.469 e. The summed E-state index contributed by atoms with van der Waals surface area (Å²) in [6, 6.07) is 9.03. The molecule has 0 fully saturated rings. The lowest BCUT2D eigenvalue weighted by molar-refractivity contribution is -0.145. The van der Waals surface area contributed by atoms with E-state index in [1.165, 1.54) is 7.11 Å². The van der Waals surface area contributed by atoms with Crippen LogP contribution in [0.15, 0.2) is 30.3 Å². The average molecular weight is 234 g/mol. The lowest BCUT2D eigenvalue weighted by atomic mass is 9.94. The highest BCUT2D eigenvalue weighted by molar-refractivity contribution is 5.98. The zero-order valence-electron chi connectivity index (χ0n) is 10.3. The van der Waals surface area contributed by atoms with E-state index in [-0.39, 0.29) is 24.1 Å². The van der Waals surface area contributed by atoms with Crippen LogP contribution in [-0.4, -0.2) is 18.9 Å². The lowest BCUT2D eigenvalue weighted by Crippen LogP contribution is -2.19. The zero-order chi connectivity index (χ0) is 12.7. The Balaban J connectivity index is 2.67. The van der Waals surface area contributed by atoms with Crippen LogP contribution in [0, 0.1) is 5.92 Å². The summed E-state index contributed by atoms with van der Waals surface area (Å²) in [5.41, 5.74) is 0.650. The van der Waals surface area contributed by atoms with E-state index in [4.69, 9.17) is 4.74 Å². The number of carbonyl (C=O) groups is 2. The van der Waals surface area contributed by atoms with Crippen LogP contribution < -0.4 is 0 Å². The van der Waals surface area contributed by atoms with Crippen LogP contribution >= 0.6 is 0 Å². The Morgan fingerprint density at radius 1 is 1.24 bits per heavy atom. The molecule has 92 valence electrons. The number of hydrogen-bond acceptors (Lipinski definition) is 3. The molecule has 0 N–H and O–H groups in total. The highest BCUT2D eigenvalue weighted by atomic mass is 16.5. The van der Waals surface area contributed by atoms with E-state index in [1.54, 1.807) is 12.1 Å². The third kappa shape index (κ3) is 4.02. The molecule has 0 saturated heterocycles. The number of ketones is 1. The van der Waals surface area contributed by atoms with E-state index in [0.717, 1.165) is 6.42 Å². The van der Waals surface area contributed by atoms with Crippen LogP contribution in [0.2, 0.25) is 0 Å². The Hall–Kier alpha value is -1.64. The minimum absolute atomic E-state index is 0.00514. The van der Waals surface area contributed by atoms with E-state index in [2.05, 4.69) is 0 Å². The van der Waals surface area contributed by atoms with Crippen LogP contribution in [0.4, 0.5) is 0 Å². The molecule has 0 heterocycles. The predicted molar refractivity (Wildman–Crippen MR) is 65.8 cm³/mol. The summed E-state index contributed by atoms with van der Waals surface area (Å²) in [5.74, 6) is -0.622. The van der Waals surface area contributed by atoms with Gasteiger partial charge in [0.2, 0.25) is 0 Å². The Morgan fingerprint density at radius 3 is 2.41 bits per heavy atom. The third-order valence-corrected chi connectivity index (χ3v) is 2.70. The van der Waals surface area contributed by atoms with Crippen molar-refractivity contribution in [1.82, 2.24) is 0 Å². The Kier molecular flexibility index (Phi) is 5.40. The fraction of sp³-hybridized carbons (Fsp3) is 0.429. The molecule has 3 nitrogen and oxygen atoms in total. The van der Waals surface area contributed by atoms with Gasteiger partial charge in [-0.25, -0.2) is 0 Å². The number of benzene rings is 1. The number of carbonyl (C=O) groups excluding carboxylic acids is 2. The second-order valence-corrected chi connectivity index (χ2v) is 4.00. The first-order valence-corrected chi connectivity index (χ1v) is 5.85. The van der Waals surface area contributed by atoms with Crippen molar-refractivity contribution >= 4 is 11.8 Å². The van der Waals surface area contributed by atoms with Gasteiger partial charge in [-0.05, 0) is 6.42 Å². The minimum atomic E-state index is -0.322. The van der Waals surface area contributed by atoms with Gasteiger partial charge in [-0.3, -0.25) is 9.59 Å². The molecule has 0 bridgehead atoms. The topological polar surface area (TPSA) is 43.4 Å². The first-order chi connectivity index (χ1) is 8.19. The van der Waals surface area contributed by atoms with Crippen LogP contribution in [-0.2, 0) is 9.53 Å². The van der Waals surface area contributed by atoms with Gasteiger partial charge in [0, 0.05) is 12.0 Å². The molecule has 0 radical (unpaired) electrons. The molecule has 0 aliphatic carbocycles. The third-order valence-electron chi connectivity index (χ3n) is 2.70. The zero-order valence-corrected chi connectivity index (χ0v) is 10.3. The smallest absolute Gasteiger partial charge is 0.309 e. The first-order valence-electron chi connectivity index (χ1n) is 5.85. The molecule has 1 aromatic rings. The maximum atomic E-state index is 11.9. The molecule has 1 atom stereocenters. The van der Waals surface area contributed by atoms with Crippen molar-refractivity contribution in [3.63, 3.8) is 0 Å². The van der Waals surface area contributed by atoms with Gasteiger partial charge in [-0.1, -0.05) is 43.7 Å². The Bertz CT molecular complexity index is 370. The van der Waals surface area contributed by atoms with E-state index in [1.807, 2.05) is 25.1 Å². The maximum Gasteiger partial charge on any atom is 0.309 e. The van der Waals surface area contributed by atoms with Crippen LogP contribution in [0.1, 0.15) is 36.5 Å². The van der Waals surface area contributed by atoms with Crippen LogP contribution in [0.3, 0.4) is 0 Å². The lowest BCUT2D eigenvalue weighted by Gasteiger charge is -2.12. The summed E-state index contributed by atoms with van der Waals surface area (Å²) in [6.07, 6.45) is 1.78. The molecule has 0 aliphatic rings. The molecule has 17 heavy (non-hydrogen) atoms. The van der Waals surface area contributed by atoms with Crippen molar-refractivity contribution in [2.45, 2.75) is 26.2 Å². The summed E-state index contributed by atoms with van der Waals surface area (Å²) >= 11 is 0. The summed E-state index contributed by atoms with van der Waals surface area (Å²) in [7, 11) is 1.36. The molecule has 0 amide bonds. The van der Waals surface area contributed by atoms with Gasteiger partial charge >= 0.3 is 5.97 Å². The van der Waals surface area contributed by atoms with Gasteiger partial charge < -0.3 is 4.74 Å². The molecular formula is C14H18O3. The van der Waals surface area contributed by atoms with Gasteiger partial charge in [0.05, 0.1) is 13.0 Å². The molecule has 1 rings (SSSR count). The normalized spacial score (nSPS) is 11.9. The van der Waals surface area contributed by atoms with Gasteiger partial charge in [-0.2, -0.15) is 0 Å². The summed E-state index contributed by atoms with van der Waals surface area (Å²) in [6.45, 7) is 1.99. The van der Waals surface area contributed by atoms with Gasteiger partial charge in [0.25, 0.3) is 0 Å². The first kappa shape index (κ1) is 13.4. The summed E-state index contributed by atoms with van der Waals surface area (Å²) < 4.78 is 4.71. The number of hydrogen-bond donors (Lipinski definition) is 0. The van der Waals surface area contributed by atoms with E-state index < -0.39 is 0 Å². The van der Waals surface area contributed by atoms with E-state index in [0.29, 0.717) is 12.0 Å². The van der Waals surface area contributed by atoms with E-state index in [9.17, 15) is 9.59 Å². The highest BCUT2D eigenvalue weighted by Crippen LogP contribution is 2.16. The fourth-order valence-electron chi connectivity index (χ4n) is 1.78. The van der Waals surface area contributed by atoms with Crippen molar-refractivity contribution in [3.8, 4) is 0 Å². The monoisotopic (exact) mass is 234 g/mol. The van der Waals surface area contributed by atoms with Gasteiger partial charge in [0.1, 0.15) is 0 Å². The number of methoxy groups -OCH3 is 1. The second kappa shape index (κ2) is 6.84. The van der Waals surface area contributed by atoms with Crippen LogP contribution in [0.25, 0.3) is 0 Å². The number of esters is 1. The number of Topliss-reactive ketones (excluding diaryl/α,β-unsaturated/α-hetero) is 1. The predicted octanol–water partition coefficient (Wildman–Crippen LogP) is 2.85. The number of ether oxygens (including phenoxy) is 1. The molecule has 1 aromatic carbocycles. The van der Waals surface area contributed by atoms with Crippen LogP contribution in [0.5, 0.6) is 0 Å². The highest BCUT2D eigenvalue weighted by Gasteiger charge is 2.22. The second-order valence-electron chi connectivity index (χ2n) is 4.00. The SMILES string of the molecule is CCCC(CC(=O)c1ccccc1)C(=O)OC. The quantitative estimate of drug-likeness (QED) is 0.561. The fourth-order valence-corrected chi connectivity index (χ4v) is 1.78. The molecular weight excluding hydrogens is 216 g/mol. The van der Waals surface area contributed by atoms with Crippen molar-refractivity contribution in [2.75, 3.05) is 7.11 Å². The molecule has 0 aliphatic heterocycles. The summed E-state index contributed by atoms with van der Waals surface area (Å²) in [4.78, 5) is 23.4. The standard InChI is InChI=1S/C14H18O3/c1-3-7-12(14(16)17-2)10-13(15)11-8-5-4-6-9-11/h4-6,8-9,12H,3,7,10H2,1-2H3. The average Bonchev–Trinajstić information content (AvgIpc) is 2.38. The summed E-state index contributed by atoms with van der Waals surface area (Å²) in [5, 5.41) is 0. The molecule has 0 spiro atoms. The molecule has 0 saturated carbocycles. The molecule has 1 unspecified atom stereocenters. The van der Waals surface area contributed by atoms with Gasteiger partial charge in [-0.15, -0.1) is 0 Å².